The van der Waals surface area contributed by atoms with Crippen LogP contribution in [0.25, 0.3) is 10.9 Å². The number of nitrogens with zero attached hydrogens (tertiary/aromatic N) is 2. The van der Waals surface area contributed by atoms with E-state index >= 15 is 0 Å². The molecule has 3 aromatic rings. The normalized spacial score (nSPS) is 12.4. The van der Waals surface area contributed by atoms with Gasteiger partial charge in [-0.2, -0.15) is 14.0 Å². The third-order valence-electron chi connectivity index (χ3n) is 4.59. The van der Waals surface area contributed by atoms with E-state index < -0.39 is 40.6 Å². The Morgan fingerprint density at radius 2 is 2.00 bits per heavy atom. The zero-order valence-electron chi connectivity index (χ0n) is 15.7. The Morgan fingerprint density at radius 3 is 2.63 bits per heavy atom. The number of halogens is 4. The highest BCUT2D eigenvalue weighted by Crippen LogP contribution is 2.32. The molecule has 2 N–H and O–H groups in total. The molecule has 0 bridgehead atoms. The summed E-state index contributed by atoms with van der Waals surface area (Å²) in [7, 11) is 0. The first-order valence-electron chi connectivity index (χ1n) is 8.63. The lowest BCUT2D eigenvalue weighted by Gasteiger charge is -2.21. The summed E-state index contributed by atoms with van der Waals surface area (Å²) in [4.78, 5) is 30.4. The summed E-state index contributed by atoms with van der Waals surface area (Å²) in [6, 6.07) is 4.91. The molecule has 30 heavy (non-hydrogen) atoms. The Bertz CT molecular complexity index is 1260. The lowest BCUT2D eigenvalue weighted by Crippen LogP contribution is -2.43. The van der Waals surface area contributed by atoms with E-state index in [0.717, 1.165) is 25.3 Å². The molecule has 1 atom stereocenters. The molecule has 2 heterocycles. The van der Waals surface area contributed by atoms with Gasteiger partial charge in [-0.05, 0) is 37.6 Å². The van der Waals surface area contributed by atoms with Gasteiger partial charge in [-0.25, -0.2) is 8.78 Å². The third-order valence-corrected chi connectivity index (χ3v) is 4.59. The summed E-state index contributed by atoms with van der Waals surface area (Å²) >= 11 is 0. The molecule has 0 saturated carbocycles. The molecule has 0 aliphatic carbocycles. The Hall–Kier alpha value is -3.74. The van der Waals surface area contributed by atoms with Crippen LogP contribution < -0.4 is 10.9 Å². The molecule has 0 spiro atoms. The van der Waals surface area contributed by atoms with E-state index in [1.807, 2.05) is 5.32 Å². The number of nitriles is 1. The van der Waals surface area contributed by atoms with Crippen molar-refractivity contribution in [3.63, 3.8) is 0 Å². The number of H-pyrrole nitrogens is 1. The summed E-state index contributed by atoms with van der Waals surface area (Å²) in [5.74, 6) is -8.03. The van der Waals surface area contributed by atoms with Gasteiger partial charge in [0.25, 0.3) is 11.5 Å². The highest BCUT2D eigenvalue weighted by molar-refractivity contribution is 5.89. The number of alkyl halides is 2. The number of carbonyl (C=O) groups is 1. The first-order chi connectivity index (χ1) is 14.1. The number of amides is 1. The van der Waals surface area contributed by atoms with Crippen LogP contribution >= 0.6 is 0 Å². The van der Waals surface area contributed by atoms with Crippen molar-refractivity contribution in [2.24, 2.45) is 0 Å². The van der Waals surface area contributed by atoms with E-state index in [1.54, 1.807) is 6.07 Å². The minimum atomic E-state index is -4.34. The fraction of sp³-hybridized carbons (Fsp3) is 0.200. The lowest BCUT2D eigenvalue weighted by molar-refractivity contribution is -0.148. The van der Waals surface area contributed by atoms with Crippen LogP contribution in [0.4, 0.5) is 17.6 Å². The highest BCUT2D eigenvalue weighted by atomic mass is 19.3. The monoisotopic (exact) mass is 418 g/mol. The van der Waals surface area contributed by atoms with Crippen LogP contribution in [0.1, 0.15) is 35.3 Å². The maximum atomic E-state index is 14.9. The molecule has 3 rings (SSSR count). The van der Waals surface area contributed by atoms with Crippen molar-refractivity contribution in [1.82, 2.24) is 15.3 Å². The van der Waals surface area contributed by atoms with E-state index in [1.165, 1.54) is 19.1 Å². The highest BCUT2D eigenvalue weighted by Gasteiger charge is 2.45. The number of aryl methyl sites for hydroxylation is 1. The molecule has 0 unspecified atom stereocenters. The molecule has 0 saturated heterocycles. The predicted octanol–water partition coefficient (Wildman–Crippen LogP) is 3.35. The van der Waals surface area contributed by atoms with Crippen LogP contribution in [0, 0.1) is 29.9 Å². The summed E-state index contributed by atoms with van der Waals surface area (Å²) in [5, 5.41) is 10.4. The maximum absolute atomic E-state index is 14.9. The van der Waals surface area contributed by atoms with Gasteiger partial charge in [0.1, 0.15) is 17.7 Å². The topological polar surface area (TPSA) is 98.6 Å². The summed E-state index contributed by atoms with van der Waals surface area (Å²) in [5.41, 5.74) is -3.29. The van der Waals surface area contributed by atoms with Gasteiger partial charge in [0.2, 0.25) is 0 Å². The van der Waals surface area contributed by atoms with Crippen LogP contribution in [0.15, 0.2) is 35.3 Å². The van der Waals surface area contributed by atoms with E-state index in [2.05, 4.69) is 9.97 Å². The second-order valence-electron chi connectivity index (χ2n) is 6.59. The van der Waals surface area contributed by atoms with E-state index in [4.69, 9.17) is 5.26 Å². The number of hydrogen-bond donors (Lipinski definition) is 2. The van der Waals surface area contributed by atoms with E-state index in [0.29, 0.717) is 0 Å². The number of rotatable bonds is 4. The van der Waals surface area contributed by atoms with Crippen LogP contribution in [-0.2, 0) is 10.7 Å². The van der Waals surface area contributed by atoms with Gasteiger partial charge in [-0.15, -0.1) is 0 Å². The lowest BCUT2D eigenvalue weighted by atomic mass is 9.98. The largest absolute Gasteiger partial charge is 0.355 e. The summed E-state index contributed by atoms with van der Waals surface area (Å²) in [6.45, 7) is 2.32. The number of aromatic amines is 1. The molecule has 6 nitrogen and oxygen atoms in total. The van der Waals surface area contributed by atoms with Crippen molar-refractivity contribution in [1.29, 1.82) is 5.26 Å². The van der Waals surface area contributed by atoms with Gasteiger partial charge >= 0.3 is 5.92 Å². The van der Waals surface area contributed by atoms with Crippen molar-refractivity contribution in [3.05, 3.63) is 74.8 Å². The van der Waals surface area contributed by atoms with Crippen molar-refractivity contribution in [3.8, 4) is 6.07 Å². The number of hydrogen-bond acceptors (Lipinski definition) is 4. The molecule has 0 radical (unpaired) electrons. The SMILES string of the molecule is Cc1c(C(F)(F)C(=O)N[C@H](C)c2ncc(C#N)cc2F)c(=O)[nH]c2cccc(F)c12. The zero-order chi connectivity index (χ0) is 22.2. The van der Waals surface area contributed by atoms with Gasteiger partial charge in [-0.1, -0.05) is 6.07 Å². The molecule has 1 amide bonds. The minimum absolute atomic E-state index is 0.00896. The molecule has 1 aromatic carbocycles. The van der Waals surface area contributed by atoms with Gasteiger partial charge < -0.3 is 10.3 Å². The van der Waals surface area contributed by atoms with Crippen molar-refractivity contribution < 1.29 is 22.4 Å². The average molecular weight is 418 g/mol. The summed E-state index contributed by atoms with van der Waals surface area (Å²) < 4.78 is 58.0. The first kappa shape index (κ1) is 21.0. The number of fused-ring (bicyclic) bond motifs is 1. The molecule has 0 aliphatic heterocycles. The van der Waals surface area contributed by atoms with Gasteiger partial charge in [0, 0.05) is 11.6 Å². The van der Waals surface area contributed by atoms with Crippen LogP contribution in [0.5, 0.6) is 0 Å². The van der Waals surface area contributed by atoms with Crippen LogP contribution in [0.3, 0.4) is 0 Å². The number of carbonyl (C=O) groups excluding carboxylic acids is 1. The van der Waals surface area contributed by atoms with Crippen molar-refractivity contribution in [2.75, 3.05) is 0 Å². The quantitative estimate of drug-likeness (QED) is 0.635. The molecule has 2 aromatic heterocycles. The standard InChI is InChI=1S/C20H14F4N4O2/c1-9-15-12(21)4-3-5-14(15)28-18(29)16(9)20(23,24)19(30)27-10(2)17-13(22)6-11(7-25)8-26-17/h3-6,8,10H,1-2H3,(H,27,30)(H,28,29)/t10-/m1/s1. The Kier molecular flexibility index (Phi) is 5.31. The molecular weight excluding hydrogens is 404 g/mol. The molecule has 0 aliphatic rings. The second kappa shape index (κ2) is 7.59. The van der Waals surface area contributed by atoms with Crippen molar-refractivity contribution in [2.45, 2.75) is 25.8 Å². The molecule has 154 valence electrons. The van der Waals surface area contributed by atoms with Gasteiger partial charge in [0.15, 0.2) is 0 Å². The zero-order valence-corrected chi connectivity index (χ0v) is 15.7. The second-order valence-corrected chi connectivity index (χ2v) is 6.59. The molecule has 0 fully saturated rings. The molecular formula is C20H14F4N4O2. The van der Waals surface area contributed by atoms with Gasteiger partial charge in [0.05, 0.1) is 28.4 Å². The Morgan fingerprint density at radius 1 is 1.30 bits per heavy atom. The van der Waals surface area contributed by atoms with Crippen LogP contribution in [0.2, 0.25) is 0 Å². The maximum Gasteiger partial charge on any atom is 0.355 e. The Balaban J connectivity index is 1.99. The van der Waals surface area contributed by atoms with Crippen LogP contribution in [-0.4, -0.2) is 15.9 Å². The average Bonchev–Trinajstić information content (AvgIpc) is 2.67. The molecule has 10 heteroatoms. The first-order valence-corrected chi connectivity index (χ1v) is 8.63. The van der Waals surface area contributed by atoms with Gasteiger partial charge in [-0.3, -0.25) is 14.6 Å². The number of aromatic nitrogens is 2. The smallest absolute Gasteiger partial charge is 0.342 e. The van der Waals surface area contributed by atoms with Crippen molar-refractivity contribution >= 4 is 16.8 Å². The Labute approximate surface area is 167 Å². The number of pyridine rings is 2. The summed E-state index contributed by atoms with van der Waals surface area (Å²) in [6.07, 6.45) is 1.03. The number of nitrogens with one attached hydrogen (secondary N) is 2. The fourth-order valence-electron chi connectivity index (χ4n) is 3.17. The van der Waals surface area contributed by atoms with E-state index in [9.17, 15) is 27.2 Å². The fourth-order valence-corrected chi connectivity index (χ4v) is 3.17. The minimum Gasteiger partial charge on any atom is -0.342 e. The third kappa shape index (κ3) is 3.50. The van der Waals surface area contributed by atoms with E-state index in [-0.39, 0.29) is 27.7 Å². The number of benzene rings is 1. The predicted molar refractivity (Wildman–Crippen MR) is 98.6 cm³/mol.